The van der Waals surface area contributed by atoms with Crippen LogP contribution in [-0.2, 0) is 6.42 Å². The number of fused-ring (bicyclic) bond motifs is 1. The Morgan fingerprint density at radius 3 is 2.46 bits per heavy atom. The van der Waals surface area contributed by atoms with Gasteiger partial charge in [-0.1, -0.05) is 30.3 Å². The second-order valence-electron chi connectivity index (χ2n) is 7.74. The predicted octanol–water partition coefficient (Wildman–Crippen LogP) is 1.27. The van der Waals surface area contributed by atoms with Crippen LogP contribution in [0.2, 0.25) is 0 Å². The van der Waals surface area contributed by atoms with Crippen LogP contribution in [0, 0.1) is 11.8 Å². The van der Waals surface area contributed by atoms with Gasteiger partial charge < -0.3 is 5.11 Å². The quantitative estimate of drug-likeness (QED) is 0.791. The Kier molecular flexibility index (Phi) is 4.46. The van der Waals surface area contributed by atoms with Crippen LogP contribution < -0.4 is 5.56 Å². The second-order valence-corrected chi connectivity index (χ2v) is 7.74. The summed E-state index contributed by atoms with van der Waals surface area (Å²) in [6.07, 6.45) is 2.27. The van der Waals surface area contributed by atoms with Gasteiger partial charge in [-0.25, -0.2) is 5.10 Å². The van der Waals surface area contributed by atoms with E-state index < -0.39 is 5.60 Å². The molecule has 2 aliphatic rings. The molecule has 0 amide bonds. The van der Waals surface area contributed by atoms with Crippen molar-refractivity contribution in [3.63, 3.8) is 0 Å². The fourth-order valence-corrected chi connectivity index (χ4v) is 4.59. The Hall–Kier alpha value is -2.31. The highest BCUT2D eigenvalue weighted by Crippen LogP contribution is 2.45. The molecule has 3 atom stereocenters. The molecular formula is C20H23N3O3. The summed E-state index contributed by atoms with van der Waals surface area (Å²) in [6.45, 7) is 1.97. The van der Waals surface area contributed by atoms with Gasteiger partial charge in [0.05, 0.1) is 12.1 Å². The number of likely N-dealkylation sites (tertiary alicyclic amines) is 1. The standard InChI is InChI=1S/C20H23N3O3/c24-18(17-6-7-19(25)22-21-17)13-23-11-15-9-20(26,10-16(15)12-23)8-14-4-2-1-3-5-14/h1-7,15-16,26H,8-13H2,(H,22,25)/t15-,16+,20-. The number of H-pyrrole nitrogens is 1. The number of hydrogen-bond donors (Lipinski definition) is 2. The maximum absolute atomic E-state index is 12.3. The highest BCUT2D eigenvalue weighted by molar-refractivity contribution is 5.95. The number of nitrogens with zero attached hydrogens (tertiary/aromatic N) is 2. The van der Waals surface area contributed by atoms with Crippen molar-refractivity contribution in [2.45, 2.75) is 24.9 Å². The molecule has 0 radical (unpaired) electrons. The number of aromatic nitrogens is 2. The molecule has 1 aromatic heterocycles. The van der Waals surface area contributed by atoms with E-state index in [9.17, 15) is 14.7 Å². The van der Waals surface area contributed by atoms with Gasteiger partial charge >= 0.3 is 0 Å². The van der Waals surface area contributed by atoms with E-state index in [1.54, 1.807) is 0 Å². The largest absolute Gasteiger partial charge is 0.390 e. The summed E-state index contributed by atoms with van der Waals surface area (Å²) in [6, 6.07) is 12.9. The molecule has 0 unspecified atom stereocenters. The zero-order valence-corrected chi connectivity index (χ0v) is 14.6. The number of rotatable bonds is 5. The molecule has 1 saturated carbocycles. The van der Waals surface area contributed by atoms with E-state index in [-0.39, 0.29) is 11.3 Å². The predicted molar refractivity (Wildman–Crippen MR) is 96.9 cm³/mol. The van der Waals surface area contributed by atoms with Crippen molar-refractivity contribution in [3.8, 4) is 0 Å². The van der Waals surface area contributed by atoms with Gasteiger partial charge in [0.1, 0.15) is 5.69 Å². The molecule has 26 heavy (non-hydrogen) atoms. The average molecular weight is 353 g/mol. The summed E-state index contributed by atoms with van der Waals surface area (Å²) < 4.78 is 0. The molecule has 1 aliphatic heterocycles. The first kappa shape index (κ1) is 17.1. The molecule has 2 N–H and O–H groups in total. The Balaban J connectivity index is 1.34. The minimum absolute atomic E-state index is 0.0826. The maximum Gasteiger partial charge on any atom is 0.264 e. The lowest BCUT2D eigenvalue weighted by Gasteiger charge is -2.25. The van der Waals surface area contributed by atoms with Crippen LogP contribution in [0.5, 0.6) is 0 Å². The lowest BCUT2D eigenvalue weighted by molar-refractivity contribution is 0.0355. The van der Waals surface area contributed by atoms with Gasteiger partial charge in [-0.2, -0.15) is 5.10 Å². The van der Waals surface area contributed by atoms with Crippen molar-refractivity contribution in [1.82, 2.24) is 15.1 Å². The third-order valence-corrected chi connectivity index (χ3v) is 5.64. The van der Waals surface area contributed by atoms with Gasteiger partial charge in [0.15, 0.2) is 5.78 Å². The molecule has 1 saturated heterocycles. The number of aliphatic hydroxyl groups is 1. The van der Waals surface area contributed by atoms with E-state index in [1.165, 1.54) is 17.7 Å². The highest BCUT2D eigenvalue weighted by atomic mass is 16.3. The second kappa shape index (κ2) is 6.78. The molecular weight excluding hydrogens is 330 g/mol. The van der Waals surface area contributed by atoms with Gasteiger partial charge in [0.25, 0.3) is 5.56 Å². The number of carbonyl (C=O) groups excluding carboxylic acids is 1. The van der Waals surface area contributed by atoms with E-state index in [4.69, 9.17) is 0 Å². The fourth-order valence-electron chi connectivity index (χ4n) is 4.59. The molecule has 2 heterocycles. The van der Waals surface area contributed by atoms with Crippen LogP contribution in [0.4, 0.5) is 0 Å². The van der Waals surface area contributed by atoms with Crippen molar-refractivity contribution in [2.75, 3.05) is 19.6 Å². The van der Waals surface area contributed by atoms with Gasteiger partial charge in [-0.05, 0) is 36.3 Å². The Morgan fingerprint density at radius 2 is 1.85 bits per heavy atom. The number of nitrogens with one attached hydrogen (secondary N) is 1. The number of Topliss-reactive ketones (excluding diaryl/α,β-unsaturated/α-hetero) is 1. The number of benzene rings is 1. The first-order valence-corrected chi connectivity index (χ1v) is 9.08. The summed E-state index contributed by atoms with van der Waals surface area (Å²) in [5.41, 5.74) is 0.524. The monoisotopic (exact) mass is 353 g/mol. The molecule has 6 nitrogen and oxygen atoms in total. The molecule has 0 spiro atoms. The lowest BCUT2D eigenvalue weighted by atomic mass is 9.91. The third-order valence-electron chi connectivity index (χ3n) is 5.64. The van der Waals surface area contributed by atoms with Gasteiger partial charge in [-0.15, -0.1) is 0 Å². The number of hydrogen-bond acceptors (Lipinski definition) is 5. The molecule has 2 fully saturated rings. The summed E-state index contributed by atoms with van der Waals surface area (Å²) in [5, 5.41) is 17.1. The molecule has 1 aliphatic carbocycles. The number of ketones is 1. The van der Waals surface area contributed by atoms with E-state index >= 15 is 0 Å². The van der Waals surface area contributed by atoms with Crippen molar-refractivity contribution < 1.29 is 9.90 Å². The van der Waals surface area contributed by atoms with E-state index in [0.717, 1.165) is 25.9 Å². The van der Waals surface area contributed by atoms with E-state index in [2.05, 4.69) is 27.2 Å². The number of carbonyl (C=O) groups is 1. The molecule has 6 heteroatoms. The molecule has 1 aromatic carbocycles. The van der Waals surface area contributed by atoms with Crippen molar-refractivity contribution >= 4 is 5.78 Å². The topological polar surface area (TPSA) is 86.3 Å². The third kappa shape index (κ3) is 3.61. The lowest BCUT2D eigenvalue weighted by Crippen LogP contribution is -2.34. The Bertz CT molecular complexity index is 814. The number of aromatic amines is 1. The average Bonchev–Trinajstić information content (AvgIpc) is 3.10. The summed E-state index contributed by atoms with van der Waals surface area (Å²) >= 11 is 0. The summed E-state index contributed by atoms with van der Waals surface area (Å²) in [7, 11) is 0. The van der Waals surface area contributed by atoms with Crippen LogP contribution in [0.25, 0.3) is 0 Å². The van der Waals surface area contributed by atoms with E-state index in [0.29, 0.717) is 30.5 Å². The minimum atomic E-state index is -0.632. The Labute approximate surface area is 151 Å². The van der Waals surface area contributed by atoms with Crippen LogP contribution >= 0.6 is 0 Å². The van der Waals surface area contributed by atoms with Crippen molar-refractivity contribution in [3.05, 3.63) is 64.1 Å². The van der Waals surface area contributed by atoms with Crippen LogP contribution in [0.15, 0.2) is 47.3 Å². The molecule has 4 rings (SSSR count). The zero-order chi connectivity index (χ0) is 18.1. The van der Waals surface area contributed by atoms with Crippen LogP contribution in [0.3, 0.4) is 0 Å². The first-order chi connectivity index (χ1) is 12.5. The van der Waals surface area contributed by atoms with Crippen LogP contribution in [0.1, 0.15) is 28.9 Å². The van der Waals surface area contributed by atoms with Gasteiger partial charge in [-0.3, -0.25) is 14.5 Å². The SMILES string of the molecule is O=C(CN1C[C@@H]2C[C@@](O)(Cc3ccccc3)C[C@@H]2C1)c1ccc(=O)[nH]n1. The zero-order valence-electron chi connectivity index (χ0n) is 14.6. The van der Waals surface area contributed by atoms with Crippen molar-refractivity contribution in [1.29, 1.82) is 0 Å². The first-order valence-electron chi connectivity index (χ1n) is 9.08. The highest BCUT2D eigenvalue weighted by Gasteiger charge is 2.48. The Morgan fingerprint density at radius 1 is 1.15 bits per heavy atom. The molecule has 0 bridgehead atoms. The molecule has 136 valence electrons. The van der Waals surface area contributed by atoms with E-state index in [1.807, 2.05) is 18.2 Å². The van der Waals surface area contributed by atoms with Crippen LogP contribution in [-0.4, -0.2) is 51.2 Å². The normalized spacial score (nSPS) is 28.2. The minimum Gasteiger partial charge on any atom is -0.390 e. The van der Waals surface area contributed by atoms with Crippen molar-refractivity contribution in [2.24, 2.45) is 11.8 Å². The fraction of sp³-hybridized carbons (Fsp3) is 0.450. The smallest absolute Gasteiger partial charge is 0.264 e. The summed E-state index contributed by atoms with van der Waals surface area (Å²) in [4.78, 5) is 25.5. The van der Waals surface area contributed by atoms with Gasteiger partial charge in [0.2, 0.25) is 0 Å². The summed E-state index contributed by atoms with van der Waals surface area (Å²) in [5.74, 6) is 0.779. The van der Waals surface area contributed by atoms with Gasteiger partial charge in [0, 0.05) is 25.6 Å². The maximum atomic E-state index is 12.3. The molecule has 2 aromatic rings.